The number of benzene rings is 1. The Morgan fingerprint density at radius 1 is 0.923 bits per heavy atom. The number of aromatic nitrogens is 1. The van der Waals surface area contributed by atoms with E-state index >= 15 is 0 Å². The number of rotatable bonds is 5. The van der Waals surface area contributed by atoms with Crippen LogP contribution in [0.15, 0.2) is 48.7 Å². The van der Waals surface area contributed by atoms with Gasteiger partial charge in [0, 0.05) is 51.2 Å². The van der Waals surface area contributed by atoms with Crippen molar-refractivity contribution in [2.24, 2.45) is 0 Å². The molecule has 2 aromatic rings. The van der Waals surface area contributed by atoms with Crippen LogP contribution in [0, 0.1) is 0 Å². The van der Waals surface area contributed by atoms with Crippen LogP contribution < -0.4 is 4.90 Å². The lowest BCUT2D eigenvalue weighted by molar-refractivity contribution is 0.157. The van der Waals surface area contributed by atoms with E-state index in [4.69, 9.17) is 4.74 Å². The lowest BCUT2D eigenvalue weighted by Crippen LogP contribution is -2.46. The Hall–Kier alpha value is -2.60. The monoisotopic (exact) mass is 352 g/mol. The molecule has 1 aromatic carbocycles. The van der Waals surface area contributed by atoms with E-state index in [9.17, 15) is 4.79 Å². The molecule has 0 N–H and O–H groups in total. The molecule has 0 radical (unpaired) electrons. The second kappa shape index (κ2) is 7.74. The molecule has 6 nitrogen and oxygen atoms in total. The number of piperazine rings is 1. The van der Waals surface area contributed by atoms with Crippen LogP contribution in [-0.2, 0) is 17.8 Å². The first-order valence-corrected chi connectivity index (χ1v) is 9.16. The van der Waals surface area contributed by atoms with Crippen LogP contribution in [0.4, 0.5) is 10.5 Å². The fourth-order valence-corrected chi connectivity index (χ4v) is 3.49. The summed E-state index contributed by atoms with van der Waals surface area (Å²) in [4.78, 5) is 22.6. The molecular formula is C20H24N4O2. The summed E-state index contributed by atoms with van der Waals surface area (Å²) < 4.78 is 4.98. The first kappa shape index (κ1) is 16.8. The van der Waals surface area contributed by atoms with Crippen LogP contribution in [0.3, 0.4) is 0 Å². The summed E-state index contributed by atoms with van der Waals surface area (Å²) in [5.74, 6) is 0. The molecule has 2 saturated heterocycles. The van der Waals surface area contributed by atoms with Gasteiger partial charge >= 0.3 is 6.09 Å². The van der Waals surface area contributed by atoms with Gasteiger partial charge in [0.2, 0.25) is 0 Å². The van der Waals surface area contributed by atoms with Crippen molar-refractivity contribution >= 4 is 11.8 Å². The highest BCUT2D eigenvalue weighted by Crippen LogP contribution is 2.19. The molecule has 2 aliphatic heterocycles. The molecule has 1 amide bonds. The molecule has 136 valence electrons. The highest BCUT2D eigenvalue weighted by molar-refractivity contribution is 5.69. The number of carbonyl (C=O) groups is 1. The van der Waals surface area contributed by atoms with Gasteiger partial charge in [-0.1, -0.05) is 18.2 Å². The minimum absolute atomic E-state index is 0.210. The molecule has 26 heavy (non-hydrogen) atoms. The fourth-order valence-electron chi connectivity index (χ4n) is 3.49. The number of pyridine rings is 1. The Labute approximate surface area is 154 Å². The Morgan fingerprint density at radius 2 is 1.73 bits per heavy atom. The van der Waals surface area contributed by atoms with E-state index in [2.05, 4.69) is 45.1 Å². The van der Waals surface area contributed by atoms with Gasteiger partial charge in [0.25, 0.3) is 0 Å². The topological polar surface area (TPSA) is 48.9 Å². The first-order valence-electron chi connectivity index (χ1n) is 9.16. The van der Waals surface area contributed by atoms with Crippen molar-refractivity contribution in [3.8, 4) is 0 Å². The number of hydrogen-bond donors (Lipinski definition) is 0. The largest absolute Gasteiger partial charge is 0.448 e. The predicted octanol–water partition coefficient (Wildman–Crippen LogP) is 2.36. The summed E-state index contributed by atoms with van der Waals surface area (Å²) in [5, 5.41) is 0. The molecule has 0 saturated carbocycles. The second-order valence-corrected chi connectivity index (χ2v) is 6.79. The molecule has 0 atom stereocenters. The Balaban J connectivity index is 1.29. The molecule has 0 bridgehead atoms. The van der Waals surface area contributed by atoms with E-state index in [1.54, 1.807) is 4.90 Å². The number of carbonyl (C=O) groups excluding carboxylic acids is 1. The summed E-state index contributed by atoms with van der Waals surface area (Å²) in [6.07, 6.45) is 1.65. The second-order valence-electron chi connectivity index (χ2n) is 6.79. The Kier molecular flexibility index (Phi) is 5.02. The zero-order valence-corrected chi connectivity index (χ0v) is 14.9. The molecular weight excluding hydrogens is 328 g/mol. The van der Waals surface area contributed by atoms with Crippen molar-refractivity contribution in [3.05, 3.63) is 59.9 Å². The van der Waals surface area contributed by atoms with Crippen molar-refractivity contribution in [2.45, 2.75) is 13.1 Å². The molecule has 0 spiro atoms. The smallest absolute Gasteiger partial charge is 0.410 e. The third-order valence-electron chi connectivity index (χ3n) is 5.00. The van der Waals surface area contributed by atoms with Crippen LogP contribution in [0.2, 0.25) is 0 Å². The van der Waals surface area contributed by atoms with Gasteiger partial charge in [-0.2, -0.15) is 0 Å². The molecule has 6 heteroatoms. The molecule has 2 fully saturated rings. The van der Waals surface area contributed by atoms with E-state index < -0.39 is 0 Å². The quantitative estimate of drug-likeness (QED) is 0.827. The van der Waals surface area contributed by atoms with Gasteiger partial charge in [-0.15, -0.1) is 0 Å². The Morgan fingerprint density at radius 3 is 2.38 bits per heavy atom. The predicted molar refractivity (Wildman–Crippen MR) is 99.9 cm³/mol. The summed E-state index contributed by atoms with van der Waals surface area (Å²) in [5.41, 5.74) is 3.52. The van der Waals surface area contributed by atoms with Gasteiger partial charge < -0.3 is 14.5 Å². The number of cyclic esters (lactones) is 1. The van der Waals surface area contributed by atoms with E-state index in [0.29, 0.717) is 19.7 Å². The summed E-state index contributed by atoms with van der Waals surface area (Å²) in [6, 6.07) is 14.6. The van der Waals surface area contributed by atoms with E-state index in [1.165, 1.54) is 5.69 Å². The van der Waals surface area contributed by atoms with Crippen molar-refractivity contribution in [2.75, 3.05) is 44.2 Å². The zero-order chi connectivity index (χ0) is 17.8. The number of anilines is 1. The van der Waals surface area contributed by atoms with E-state index in [0.717, 1.165) is 44.0 Å². The summed E-state index contributed by atoms with van der Waals surface area (Å²) in [7, 11) is 0. The summed E-state index contributed by atoms with van der Waals surface area (Å²) in [6.45, 7) is 6.83. The minimum atomic E-state index is -0.210. The molecule has 2 aliphatic rings. The highest BCUT2D eigenvalue weighted by Gasteiger charge is 2.22. The van der Waals surface area contributed by atoms with Crippen molar-refractivity contribution in [1.82, 2.24) is 14.8 Å². The van der Waals surface area contributed by atoms with Crippen LogP contribution in [0.5, 0.6) is 0 Å². The van der Waals surface area contributed by atoms with Crippen LogP contribution in [-0.4, -0.2) is 60.2 Å². The first-order chi connectivity index (χ1) is 12.8. The molecule has 0 unspecified atom stereocenters. The minimum Gasteiger partial charge on any atom is -0.448 e. The van der Waals surface area contributed by atoms with Crippen LogP contribution in [0.25, 0.3) is 0 Å². The van der Waals surface area contributed by atoms with Crippen molar-refractivity contribution in [1.29, 1.82) is 0 Å². The normalized spacial score (nSPS) is 18.2. The maximum Gasteiger partial charge on any atom is 0.410 e. The van der Waals surface area contributed by atoms with Gasteiger partial charge in [-0.05, 0) is 29.8 Å². The number of amides is 1. The molecule has 0 aliphatic carbocycles. The average molecular weight is 352 g/mol. The standard InChI is InChI=1S/C20H24N4O2/c25-20-24(13-14-26-20)15-17-4-6-19(7-5-17)23-11-9-22(10-12-23)16-18-3-1-2-8-21-18/h1-8H,9-16H2. The lowest BCUT2D eigenvalue weighted by atomic mass is 10.1. The summed E-state index contributed by atoms with van der Waals surface area (Å²) >= 11 is 0. The number of hydrogen-bond acceptors (Lipinski definition) is 5. The zero-order valence-electron chi connectivity index (χ0n) is 14.9. The number of ether oxygens (including phenoxy) is 1. The Bertz CT molecular complexity index is 727. The van der Waals surface area contributed by atoms with Crippen LogP contribution >= 0.6 is 0 Å². The van der Waals surface area contributed by atoms with Gasteiger partial charge in [0.05, 0.1) is 12.2 Å². The van der Waals surface area contributed by atoms with Gasteiger partial charge in [-0.3, -0.25) is 9.88 Å². The third-order valence-corrected chi connectivity index (χ3v) is 5.00. The molecule has 1 aromatic heterocycles. The van der Waals surface area contributed by atoms with Crippen LogP contribution in [0.1, 0.15) is 11.3 Å². The van der Waals surface area contributed by atoms with Crippen molar-refractivity contribution in [3.63, 3.8) is 0 Å². The van der Waals surface area contributed by atoms with E-state index in [-0.39, 0.29) is 6.09 Å². The van der Waals surface area contributed by atoms with Gasteiger partial charge in [-0.25, -0.2) is 4.79 Å². The number of nitrogens with zero attached hydrogens (tertiary/aromatic N) is 4. The molecule has 4 rings (SSSR count). The van der Waals surface area contributed by atoms with Crippen molar-refractivity contribution < 1.29 is 9.53 Å². The SMILES string of the molecule is O=C1OCCN1Cc1ccc(N2CCN(Cc3ccccn3)CC2)cc1. The fraction of sp³-hybridized carbons (Fsp3) is 0.400. The maximum absolute atomic E-state index is 11.5. The highest BCUT2D eigenvalue weighted by atomic mass is 16.6. The maximum atomic E-state index is 11.5. The average Bonchev–Trinajstić information content (AvgIpc) is 3.09. The van der Waals surface area contributed by atoms with Gasteiger partial charge in [0.15, 0.2) is 0 Å². The lowest BCUT2D eigenvalue weighted by Gasteiger charge is -2.36. The van der Waals surface area contributed by atoms with E-state index in [1.807, 2.05) is 18.3 Å². The third kappa shape index (κ3) is 3.96. The van der Waals surface area contributed by atoms with Gasteiger partial charge in [0.1, 0.15) is 6.61 Å². The molecule has 3 heterocycles.